The van der Waals surface area contributed by atoms with Crippen LogP contribution in [0.4, 0.5) is 0 Å². The summed E-state index contributed by atoms with van der Waals surface area (Å²) in [6.07, 6.45) is 2.28. The fourth-order valence-corrected chi connectivity index (χ4v) is 3.86. The number of carbonyl (C=O) groups excluding carboxylic acids is 1. The molecule has 0 aromatic heterocycles. The number of amides is 1. The average molecular weight is 272 g/mol. The van der Waals surface area contributed by atoms with Crippen LogP contribution in [0.1, 0.15) is 37.3 Å². The first-order valence-corrected chi connectivity index (χ1v) is 7.73. The fourth-order valence-electron chi connectivity index (χ4n) is 3.86. The minimum absolute atomic E-state index is 0.201. The number of benzene rings is 1. The highest BCUT2D eigenvalue weighted by atomic mass is 16.2. The van der Waals surface area contributed by atoms with Crippen molar-refractivity contribution in [1.82, 2.24) is 4.90 Å². The van der Waals surface area contributed by atoms with E-state index in [1.165, 1.54) is 11.1 Å². The van der Waals surface area contributed by atoms with E-state index in [1.807, 2.05) is 4.90 Å². The van der Waals surface area contributed by atoms with Gasteiger partial charge in [-0.05, 0) is 49.7 Å². The Labute approximate surface area is 121 Å². The zero-order chi connectivity index (χ0) is 14.3. The fraction of sp³-hybridized carbons (Fsp3) is 0.588. The Bertz CT molecular complexity index is 511. The second-order valence-corrected chi connectivity index (χ2v) is 6.37. The van der Waals surface area contributed by atoms with Crippen molar-refractivity contribution in [3.8, 4) is 0 Å². The van der Waals surface area contributed by atoms with Crippen LogP contribution in [0.2, 0.25) is 0 Å². The average Bonchev–Trinajstić information content (AvgIpc) is 3.18. The Morgan fingerprint density at radius 2 is 2.15 bits per heavy atom. The monoisotopic (exact) mass is 272 g/mol. The van der Waals surface area contributed by atoms with E-state index < -0.39 is 0 Å². The van der Waals surface area contributed by atoms with Gasteiger partial charge in [-0.1, -0.05) is 24.3 Å². The van der Waals surface area contributed by atoms with Crippen LogP contribution in [0.25, 0.3) is 0 Å². The highest BCUT2D eigenvalue weighted by Gasteiger charge is 2.57. The molecule has 1 aromatic rings. The van der Waals surface area contributed by atoms with Gasteiger partial charge < -0.3 is 10.6 Å². The molecule has 3 nitrogen and oxygen atoms in total. The molecule has 3 atom stereocenters. The summed E-state index contributed by atoms with van der Waals surface area (Å²) in [6, 6.07) is 8.87. The minimum atomic E-state index is 0.201. The molecular formula is C17H24N2O. The van der Waals surface area contributed by atoms with Gasteiger partial charge >= 0.3 is 0 Å². The van der Waals surface area contributed by atoms with Gasteiger partial charge in [0, 0.05) is 25.0 Å². The quantitative estimate of drug-likeness (QED) is 0.913. The number of fused-ring (bicyclic) bond motifs is 3. The number of hydrogen-bond donors (Lipinski definition) is 1. The van der Waals surface area contributed by atoms with Gasteiger partial charge in [0.2, 0.25) is 5.91 Å². The molecule has 2 N–H and O–H groups in total. The molecule has 1 saturated carbocycles. The maximum absolute atomic E-state index is 12.8. The summed E-state index contributed by atoms with van der Waals surface area (Å²) in [5, 5.41) is 0. The number of hydrogen-bond acceptors (Lipinski definition) is 2. The lowest BCUT2D eigenvalue weighted by Crippen LogP contribution is -2.41. The first-order chi connectivity index (χ1) is 9.65. The molecule has 2 aliphatic rings. The molecule has 0 bridgehead atoms. The van der Waals surface area contributed by atoms with Crippen LogP contribution in [0.5, 0.6) is 0 Å². The van der Waals surface area contributed by atoms with Gasteiger partial charge in [0.25, 0.3) is 0 Å². The summed E-state index contributed by atoms with van der Waals surface area (Å²) in [4.78, 5) is 14.7. The van der Waals surface area contributed by atoms with E-state index in [9.17, 15) is 4.79 Å². The van der Waals surface area contributed by atoms with E-state index >= 15 is 0 Å². The highest BCUT2D eigenvalue weighted by molar-refractivity contribution is 5.84. The van der Waals surface area contributed by atoms with Gasteiger partial charge in [-0.2, -0.15) is 0 Å². The van der Waals surface area contributed by atoms with E-state index in [0.717, 1.165) is 12.8 Å². The number of nitrogens with two attached hydrogens (primary N) is 1. The normalized spacial score (nSPS) is 26.9. The summed E-state index contributed by atoms with van der Waals surface area (Å²) in [6.45, 7) is 5.37. The van der Waals surface area contributed by atoms with E-state index in [4.69, 9.17) is 5.73 Å². The lowest BCUT2D eigenvalue weighted by Gasteiger charge is -2.26. The lowest BCUT2D eigenvalue weighted by atomic mass is 9.92. The zero-order valence-electron chi connectivity index (χ0n) is 12.4. The minimum Gasteiger partial charge on any atom is -0.339 e. The van der Waals surface area contributed by atoms with E-state index in [2.05, 4.69) is 38.1 Å². The van der Waals surface area contributed by atoms with E-state index in [-0.39, 0.29) is 12.0 Å². The summed E-state index contributed by atoms with van der Waals surface area (Å²) in [7, 11) is 0. The van der Waals surface area contributed by atoms with Crippen molar-refractivity contribution >= 4 is 5.91 Å². The molecule has 20 heavy (non-hydrogen) atoms. The predicted octanol–water partition coefficient (Wildman–Crippen LogP) is 2.16. The molecule has 3 heteroatoms. The Kier molecular flexibility index (Phi) is 3.55. The van der Waals surface area contributed by atoms with Crippen LogP contribution in [0, 0.1) is 11.8 Å². The molecule has 1 fully saturated rings. The smallest absolute Gasteiger partial charge is 0.226 e. The van der Waals surface area contributed by atoms with Crippen LogP contribution in [-0.4, -0.2) is 29.9 Å². The van der Waals surface area contributed by atoms with Crippen molar-refractivity contribution in [2.75, 3.05) is 13.1 Å². The molecule has 1 amide bonds. The van der Waals surface area contributed by atoms with Crippen LogP contribution < -0.4 is 5.73 Å². The summed E-state index contributed by atoms with van der Waals surface area (Å²) in [5.41, 5.74) is 8.51. The van der Waals surface area contributed by atoms with Crippen molar-refractivity contribution in [3.05, 3.63) is 35.4 Å². The second-order valence-electron chi connectivity index (χ2n) is 6.37. The second kappa shape index (κ2) is 5.21. The first kappa shape index (κ1) is 13.6. The van der Waals surface area contributed by atoms with Crippen molar-refractivity contribution in [2.45, 2.75) is 38.6 Å². The van der Waals surface area contributed by atoms with Crippen molar-refractivity contribution in [1.29, 1.82) is 0 Å². The predicted molar refractivity (Wildman–Crippen MR) is 80.4 cm³/mol. The first-order valence-electron chi connectivity index (χ1n) is 7.73. The maximum Gasteiger partial charge on any atom is 0.226 e. The maximum atomic E-state index is 12.8. The van der Waals surface area contributed by atoms with Gasteiger partial charge in [0.1, 0.15) is 0 Å². The Balaban J connectivity index is 1.80. The molecule has 3 rings (SSSR count). The summed E-state index contributed by atoms with van der Waals surface area (Å²) >= 11 is 0. The third-order valence-corrected chi connectivity index (χ3v) is 4.89. The molecule has 1 aromatic carbocycles. The van der Waals surface area contributed by atoms with E-state index in [0.29, 0.717) is 30.8 Å². The Hall–Kier alpha value is -1.35. The van der Waals surface area contributed by atoms with Crippen LogP contribution >= 0.6 is 0 Å². The topological polar surface area (TPSA) is 46.3 Å². The molecule has 0 heterocycles. The molecule has 108 valence electrons. The molecule has 0 spiro atoms. The third kappa shape index (κ3) is 2.14. The van der Waals surface area contributed by atoms with Gasteiger partial charge in [-0.15, -0.1) is 0 Å². The number of aryl methyl sites for hydroxylation is 1. The molecule has 3 unspecified atom stereocenters. The zero-order valence-corrected chi connectivity index (χ0v) is 12.4. The van der Waals surface area contributed by atoms with Crippen molar-refractivity contribution in [2.24, 2.45) is 17.6 Å². The van der Waals surface area contributed by atoms with Gasteiger partial charge in [-0.3, -0.25) is 4.79 Å². The molecule has 0 aliphatic heterocycles. The molecule has 2 aliphatic carbocycles. The van der Waals surface area contributed by atoms with Crippen LogP contribution in [0.15, 0.2) is 24.3 Å². The molecule has 0 saturated heterocycles. The molecular weight excluding hydrogens is 248 g/mol. The largest absolute Gasteiger partial charge is 0.339 e. The number of nitrogens with zero attached hydrogens (tertiary/aromatic N) is 1. The molecule has 0 radical (unpaired) electrons. The summed E-state index contributed by atoms with van der Waals surface area (Å²) < 4.78 is 0. The van der Waals surface area contributed by atoms with Crippen LogP contribution in [-0.2, 0) is 11.2 Å². The Morgan fingerprint density at radius 3 is 2.85 bits per heavy atom. The van der Waals surface area contributed by atoms with Gasteiger partial charge in [-0.25, -0.2) is 0 Å². The van der Waals surface area contributed by atoms with E-state index in [1.54, 1.807) is 0 Å². The van der Waals surface area contributed by atoms with Gasteiger partial charge in [0.05, 0.1) is 0 Å². The third-order valence-electron chi connectivity index (χ3n) is 4.89. The van der Waals surface area contributed by atoms with Crippen molar-refractivity contribution in [3.63, 3.8) is 0 Å². The number of rotatable bonds is 4. The Morgan fingerprint density at radius 1 is 1.40 bits per heavy atom. The van der Waals surface area contributed by atoms with Crippen LogP contribution in [0.3, 0.4) is 0 Å². The highest BCUT2D eigenvalue weighted by Crippen LogP contribution is 2.60. The lowest BCUT2D eigenvalue weighted by molar-refractivity contribution is -0.134. The van der Waals surface area contributed by atoms with Crippen molar-refractivity contribution < 1.29 is 4.79 Å². The van der Waals surface area contributed by atoms with Gasteiger partial charge in [0.15, 0.2) is 0 Å². The standard InChI is InChI=1S/C17H24N2O/c1-11(2)19(10-9-18)17(20)16-14-8-7-12-5-3-4-6-13(12)15(14)16/h3-6,11,14-16H,7-10,18H2,1-2H3. The SMILES string of the molecule is CC(C)N(CCN)C(=O)C1C2CCc3ccccc3C21. The number of carbonyl (C=O) groups is 1. The summed E-state index contributed by atoms with van der Waals surface area (Å²) in [5.74, 6) is 1.55.